The maximum atomic E-state index is 3.87. The van der Waals surface area contributed by atoms with E-state index in [-0.39, 0.29) is 0 Å². The van der Waals surface area contributed by atoms with Crippen molar-refractivity contribution >= 4 is 0 Å². The van der Waals surface area contributed by atoms with Crippen LogP contribution in [0.3, 0.4) is 0 Å². The molecule has 1 nitrogen and oxygen atoms in total. The molecule has 0 radical (unpaired) electrons. The Morgan fingerprint density at radius 3 is 2.50 bits per heavy atom. The first-order valence-corrected chi connectivity index (χ1v) is 8.53. The van der Waals surface area contributed by atoms with Crippen LogP contribution >= 0.6 is 0 Å². The molecule has 1 aromatic rings. The molecule has 2 fully saturated rings. The molecule has 0 amide bonds. The van der Waals surface area contributed by atoms with Gasteiger partial charge in [-0.3, -0.25) is 0 Å². The highest BCUT2D eigenvalue weighted by atomic mass is 14.9. The Morgan fingerprint density at radius 1 is 1.15 bits per heavy atom. The summed E-state index contributed by atoms with van der Waals surface area (Å²) < 4.78 is 0. The van der Waals surface area contributed by atoms with Crippen LogP contribution in [-0.2, 0) is 0 Å². The summed E-state index contributed by atoms with van der Waals surface area (Å²) in [5, 5.41) is 3.87. The summed E-state index contributed by atoms with van der Waals surface area (Å²) in [5.74, 6) is 2.93. The fourth-order valence-electron chi connectivity index (χ4n) is 4.41. The molecule has 2 aliphatic rings. The van der Waals surface area contributed by atoms with Crippen LogP contribution in [0.25, 0.3) is 0 Å². The minimum absolute atomic E-state index is 0.600. The van der Waals surface area contributed by atoms with E-state index < -0.39 is 0 Å². The zero-order valence-corrected chi connectivity index (χ0v) is 13.3. The summed E-state index contributed by atoms with van der Waals surface area (Å²) in [6.45, 7) is 7.97. The highest BCUT2D eigenvalue weighted by Crippen LogP contribution is 2.60. The molecular formula is C19H29N. The highest BCUT2D eigenvalue weighted by Gasteiger charge is 2.54. The molecule has 3 atom stereocenters. The first kappa shape index (κ1) is 14.1. The van der Waals surface area contributed by atoms with Gasteiger partial charge in [0, 0.05) is 6.04 Å². The Balaban J connectivity index is 1.84. The molecule has 0 aliphatic heterocycles. The topological polar surface area (TPSA) is 12.0 Å². The average Bonchev–Trinajstić information content (AvgIpc) is 3.18. The predicted octanol–water partition coefficient (Wildman–Crippen LogP) is 4.78. The van der Waals surface area contributed by atoms with Gasteiger partial charge >= 0.3 is 0 Å². The monoisotopic (exact) mass is 271 g/mol. The van der Waals surface area contributed by atoms with Crippen molar-refractivity contribution in [2.75, 3.05) is 6.54 Å². The lowest BCUT2D eigenvalue weighted by Gasteiger charge is -2.22. The second-order valence-corrected chi connectivity index (χ2v) is 6.91. The standard InChI is InChI=1S/C19H29N/c1-4-12-20-19(15-11-7-8-13(2)14(15)3)18-16-9-5-6-10-17(16)18/h7-8,11,16-20H,4-6,9-10,12H2,1-3H3. The van der Waals surface area contributed by atoms with Crippen LogP contribution in [0.4, 0.5) is 0 Å². The van der Waals surface area contributed by atoms with Crippen molar-refractivity contribution in [3.05, 3.63) is 34.9 Å². The van der Waals surface area contributed by atoms with Crippen molar-refractivity contribution in [2.45, 2.75) is 58.9 Å². The van der Waals surface area contributed by atoms with Crippen LogP contribution in [0.2, 0.25) is 0 Å². The zero-order chi connectivity index (χ0) is 14.1. The molecule has 0 saturated heterocycles. The molecule has 2 aliphatic carbocycles. The number of hydrogen-bond acceptors (Lipinski definition) is 1. The Bertz CT molecular complexity index is 453. The number of rotatable bonds is 5. The number of benzene rings is 1. The summed E-state index contributed by atoms with van der Waals surface area (Å²) >= 11 is 0. The van der Waals surface area contributed by atoms with Crippen molar-refractivity contribution in [2.24, 2.45) is 17.8 Å². The summed E-state index contributed by atoms with van der Waals surface area (Å²) in [7, 11) is 0. The van der Waals surface area contributed by atoms with Crippen LogP contribution < -0.4 is 5.32 Å². The van der Waals surface area contributed by atoms with E-state index in [0.717, 1.165) is 24.3 Å². The third-order valence-corrected chi connectivity index (χ3v) is 5.70. The zero-order valence-electron chi connectivity index (χ0n) is 13.3. The van der Waals surface area contributed by atoms with Gasteiger partial charge in [0.25, 0.3) is 0 Å². The minimum atomic E-state index is 0.600. The van der Waals surface area contributed by atoms with Crippen LogP contribution in [-0.4, -0.2) is 6.54 Å². The van der Waals surface area contributed by atoms with E-state index in [9.17, 15) is 0 Å². The van der Waals surface area contributed by atoms with Gasteiger partial charge in [0.15, 0.2) is 0 Å². The average molecular weight is 271 g/mol. The fourth-order valence-corrected chi connectivity index (χ4v) is 4.41. The van der Waals surface area contributed by atoms with Gasteiger partial charge in [-0.1, -0.05) is 38.0 Å². The molecule has 1 aromatic carbocycles. The van der Waals surface area contributed by atoms with Crippen molar-refractivity contribution in [1.82, 2.24) is 5.32 Å². The second-order valence-electron chi connectivity index (χ2n) is 6.91. The van der Waals surface area contributed by atoms with Crippen LogP contribution in [0.1, 0.15) is 61.8 Å². The van der Waals surface area contributed by atoms with Gasteiger partial charge in [-0.2, -0.15) is 0 Å². The fraction of sp³-hybridized carbons (Fsp3) is 0.684. The third-order valence-electron chi connectivity index (χ3n) is 5.70. The minimum Gasteiger partial charge on any atom is -0.310 e. The van der Waals surface area contributed by atoms with E-state index in [4.69, 9.17) is 0 Å². The lowest BCUT2D eigenvalue weighted by Crippen LogP contribution is -2.26. The molecule has 110 valence electrons. The van der Waals surface area contributed by atoms with E-state index in [0.29, 0.717) is 6.04 Å². The number of hydrogen-bond donors (Lipinski definition) is 1. The Hall–Kier alpha value is -0.820. The van der Waals surface area contributed by atoms with Crippen molar-refractivity contribution in [3.8, 4) is 0 Å². The normalized spacial score (nSPS) is 29.9. The van der Waals surface area contributed by atoms with Crippen LogP contribution in [0.15, 0.2) is 18.2 Å². The summed E-state index contributed by atoms with van der Waals surface area (Å²) in [6, 6.07) is 7.45. The molecule has 3 unspecified atom stereocenters. The molecule has 2 saturated carbocycles. The van der Waals surface area contributed by atoms with Crippen LogP contribution in [0.5, 0.6) is 0 Å². The molecule has 0 heterocycles. The smallest absolute Gasteiger partial charge is 0.0356 e. The molecular weight excluding hydrogens is 242 g/mol. The van der Waals surface area contributed by atoms with Crippen molar-refractivity contribution in [1.29, 1.82) is 0 Å². The Kier molecular flexibility index (Phi) is 4.16. The molecule has 3 rings (SSSR count). The third kappa shape index (κ3) is 2.53. The molecule has 1 heteroatoms. The first-order chi connectivity index (χ1) is 9.74. The highest BCUT2D eigenvalue weighted by molar-refractivity contribution is 5.37. The molecule has 20 heavy (non-hydrogen) atoms. The van der Waals surface area contributed by atoms with Gasteiger partial charge in [0.05, 0.1) is 0 Å². The van der Waals surface area contributed by atoms with E-state index in [1.165, 1.54) is 43.2 Å². The van der Waals surface area contributed by atoms with Crippen molar-refractivity contribution < 1.29 is 0 Å². The number of nitrogens with one attached hydrogen (secondary N) is 1. The van der Waals surface area contributed by atoms with E-state index in [1.54, 1.807) is 5.56 Å². The Morgan fingerprint density at radius 2 is 1.85 bits per heavy atom. The van der Waals surface area contributed by atoms with Gasteiger partial charge in [0.2, 0.25) is 0 Å². The van der Waals surface area contributed by atoms with Crippen LogP contribution in [0, 0.1) is 31.6 Å². The number of aryl methyl sites for hydroxylation is 1. The lowest BCUT2D eigenvalue weighted by molar-refractivity contribution is 0.444. The summed E-state index contributed by atoms with van der Waals surface area (Å²) in [5.41, 5.74) is 4.51. The van der Waals surface area contributed by atoms with Gasteiger partial charge < -0.3 is 5.32 Å². The van der Waals surface area contributed by atoms with Gasteiger partial charge in [0.1, 0.15) is 0 Å². The summed E-state index contributed by atoms with van der Waals surface area (Å²) in [6.07, 6.45) is 7.11. The maximum absolute atomic E-state index is 3.87. The maximum Gasteiger partial charge on any atom is 0.0356 e. The largest absolute Gasteiger partial charge is 0.310 e. The summed E-state index contributed by atoms with van der Waals surface area (Å²) in [4.78, 5) is 0. The molecule has 0 aromatic heterocycles. The van der Waals surface area contributed by atoms with E-state index in [2.05, 4.69) is 44.3 Å². The SMILES string of the molecule is CCCNC(c1cccc(C)c1C)C1C2CCCCC21. The van der Waals surface area contributed by atoms with Gasteiger partial charge in [-0.05, 0) is 74.1 Å². The molecule has 0 spiro atoms. The first-order valence-electron chi connectivity index (χ1n) is 8.53. The van der Waals surface area contributed by atoms with Gasteiger partial charge in [-0.15, -0.1) is 0 Å². The number of fused-ring (bicyclic) bond motifs is 1. The van der Waals surface area contributed by atoms with E-state index >= 15 is 0 Å². The molecule has 1 N–H and O–H groups in total. The van der Waals surface area contributed by atoms with Gasteiger partial charge in [-0.25, -0.2) is 0 Å². The predicted molar refractivity (Wildman–Crippen MR) is 85.9 cm³/mol. The Labute approximate surface area is 124 Å². The lowest BCUT2D eigenvalue weighted by atomic mass is 9.93. The van der Waals surface area contributed by atoms with Crippen molar-refractivity contribution in [3.63, 3.8) is 0 Å². The second kappa shape index (κ2) is 5.89. The van der Waals surface area contributed by atoms with E-state index in [1.807, 2.05) is 0 Å². The molecule has 0 bridgehead atoms. The quantitative estimate of drug-likeness (QED) is 0.812.